The zero-order valence-electron chi connectivity index (χ0n) is 19.4. The number of carbonyl (C=O) groups is 2. The number of thiophene rings is 1. The lowest BCUT2D eigenvalue weighted by atomic mass is 10.2. The summed E-state index contributed by atoms with van der Waals surface area (Å²) in [6, 6.07) is 18.8. The molecule has 2 amide bonds. The summed E-state index contributed by atoms with van der Waals surface area (Å²) in [6.07, 6.45) is 0. The molecule has 0 unspecified atom stereocenters. The third-order valence-corrected chi connectivity index (χ3v) is 6.69. The number of nitrogens with zero attached hydrogens (tertiary/aromatic N) is 3. The van der Waals surface area contributed by atoms with Crippen LogP contribution in [0.3, 0.4) is 0 Å². The number of hydrogen-bond acceptors (Lipinski definition) is 7. The number of benzene rings is 2. The Morgan fingerprint density at radius 3 is 2.63 bits per heavy atom. The van der Waals surface area contributed by atoms with Crippen LogP contribution in [0.5, 0.6) is 5.75 Å². The van der Waals surface area contributed by atoms with Crippen LogP contribution in [0.2, 0.25) is 0 Å². The van der Waals surface area contributed by atoms with Crippen LogP contribution in [-0.4, -0.2) is 38.9 Å². The minimum absolute atomic E-state index is 0.144. The number of ether oxygens (including phenoxy) is 1. The molecule has 0 aliphatic heterocycles. The first-order valence-electron chi connectivity index (χ1n) is 11.0. The number of aromatic nitrogens is 3. The Labute approximate surface area is 211 Å². The largest absolute Gasteiger partial charge is 0.494 e. The highest BCUT2D eigenvalue weighted by atomic mass is 32.2. The summed E-state index contributed by atoms with van der Waals surface area (Å²) in [7, 11) is 0. The summed E-state index contributed by atoms with van der Waals surface area (Å²) in [5.41, 5.74) is 2.63. The molecule has 0 aliphatic rings. The first-order valence-corrected chi connectivity index (χ1v) is 12.9. The summed E-state index contributed by atoms with van der Waals surface area (Å²) in [5, 5.41) is 16.8. The van der Waals surface area contributed by atoms with E-state index >= 15 is 0 Å². The summed E-state index contributed by atoms with van der Waals surface area (Å²) in [5.74, 6) is 1.15. The molecule has 180 valence electrons. The fourth-order valence-corrected chi connectivity index (χ4v) is 4.74. The smallest absolute Gasteiger partial charge is 0.261 e. The molecule has 35 heavy (non-hydrogen) atoms. The minimum atomic E-state index is -0.173. The molecule has 2 aromatic carbocycles. The Kier molecular flexibility index (Phi) is 8.17. The lowest BCUT2D eigenvalue weighted by Crippen LogP contribution is -2.24. The van der Waals surface area contributed by atoms with Crippen molar-refractivity contribution in [2.24, 2.45) is 0 Å². The van der Waals surface area contributed by atoms with Crippen molar-refractivity contribution in [2.75, 3.05) is 17.7 Å². The topological polar surface area (TPSA) is 98.1 Å². The predicted octanol–water partition coefficient (Wildman–Crippen LogP) is 4.70. The van der Waals surface area contributed by atoms with Gasteiger partial charge in [-0.1, -0.05) is 30.0 Å². The van der Waals surface area contributed by atoms with Crippen LogP contribution in [0.1, 0.15) is 28.0 Å². The molecular formula is C25H25N5O3S2. The molecule has 0 atom stereocenters. The Morgan fingerprint density at radius 2 is 1.91 bits per heavy atom. The fourth-order valence-electron chi connectivity index (χ4n) is 3.33. The van der Waals surface area contributed by atoms with Gasteiger partial charge in [0.15, 0.2) is 11.0 Å². The molecule has 0 saturated heterocycles. The molecule has 0 radical (unpaired) electrons. The average molecular weight is 508 g/mol. The van der Waals surface area contributed by atoms with E-state index < -0.39 is 0 Å². The Hall–Kier alpha value is -3.63. The second-order valence-corrected chi connectivity index (χ2v) is 9.42. The van der Waals surface area contributed by atoms with Crippen LogP contribution >= 0.6 is 23.1 Å². The SMILES string of the molecule is CCOc1ccc(-n2c(CNC(=O)c3cccs3)nnc2SCC(=O)Nc2cccc(C)c2)cc1. The van der Waals surface area contributed by atoms with E-state index in [1.807, 2.05) is 78.4 Å². The molecule has 0 saturated carbocycles. The van der Waals surface area contributed by atoms with E-state index in [4.69, 9.17) is 4.74 Å². The summed E-state index contributed by atoms with van der Waals surface area (Å²) < 4.78 is 7.39. The molecule has 2 aromatic heterocycles. The monoisotopic (exact) mass is 507 g/mol. The molecule has 10 heteroatoms. The molecule has 0 fully saturated rings. The van der Waals surface area contributed by atoms with Gasteiger partial charge in [0.05, 0.1) is 23.8 Å². The van der Waals surface area contributed by atoms with Crippen LogP contribution in [0, 0.1) is 6.92 Å². The van der Waals surface area contributed by atoms with Crippen LogP contribution < -0.4 is 15.4 Å². The highest BCUT2D eigenvalue weighted by molar-refractivity contribution is 7.99. The summed E-state index contributed by atoms with van der Waals surface area (Å²) in [4.78, 5) is 25.6. The van der Waals surface area contributed by atoms with Crippen molar-refractivity contribution >= 4 is 40.6 Å². The molecule has 8 nitrogen and oxygen atoms in total. The molecule has 2 heterocycles. The van der Waals surface area contributed by atoms with Crippen molar-refractivity contribution in [3.8, 4) is 11.4 Å². The zero-order valence-corrected chi connectivity index (χ0v) is 21.0. The summed E-state index contributed by atoms with van der Waals surface area (Å²) in [6.45, 7) is 4.66. The third-order valence-electron chi connectivity index (χ3n) is 4.89. The Morgan fingerprint density at radius 1 is 1.09 bits per heavy atom. The quantitative estimate of drug-likeness (QED) is 0.302. The van der Waals surface area contributed by atoms with Crippen LogP contribution in [0.15, 0.2) is 71.2 Å². The maximum Gasteiger partial charge on any atom is 0.261 e. The number of amides is 2. The molecule has 4 rings (SSSR count). The van der Waals surface area contributed by atoms with E-state index in [1.165, 1.54) is 23.1 Å². The van der Waals surface area contributed by atoms with E-state index in [-0.39, 0.29) is 24.1 Å². The zero-order chi connectivity index (χ0) is 24.6. The molecule has 0 aliphatic carbocycles. The van der Waals surface area contributed by atoms with E-state index in [0.29, 0.717) is 22.5 Å². The van der Waals surface area contributed by atoms with Crippen molar-refractivity contribution in [1.82, 2.24) is 20.1 Å². The maximum absolute atomic E-state index is 12.6. The van der Waals surface area contributed by atoms with E-state index in [1.54, 1.807) is 6.07 Å². The van der Waals surface area contributed by atoms with Gasteiger partial charge in [-0.25, -0.2) is 0 Å². The molecule has 2 N–H and O–H groups in total. The lowest BCUT2D eigenvalue weighted by molar-refractivity contribution is -0.113. The number of hydrogen-bond donors (Lipinski definition) is 2. The number of rotatable bonds is 10. The average Bonchev–Trinajstić information content (AvgIpc) is 3.52. The second kappa shape index (κ2) is 11.7. The highest BCUT2D eigenvalue weighted by Gasteiger charge is 2.17. The van der Waals surface area contributed by atoms with Gasteiger partial charge in [-0.2, -0.15) is 0 Å². The minimum Gasteiger partial charge on any atom is -0.494 e. The van der Waals surface area contributed by atoms with Crippen molar-refractivity contribution in [3.63, 3.8) is 0 Å². The fraction of sp³-hybridized carbons (Fsp3) is 0.200. The van der Waals surface area contributed by atoms with Gasteiger partial charge in [0.1, 0.15) is 5.75 Å². The summed E-state index contributed by atoms with van der Waals surface area (Å²) >= 11 is 2.65. The van der Waals surface area contributed by atoms with Crippen molar-refractivity contribution in [1.29, 1.82) is 0 Å². The molecule has 0 spiro atoms. The highest BCUT2D eigenvalue weighted by Crippen LogP contribution is 2.24. The first-order chi connectivity index (χ1) is 17.0. The second-order valence-electron chi connectivity index (χ2n) is 7.53. The van der Waals surface area contributed by atoms with E-state index in [9.17, 15) is 9.59 Å². The van der Waals surface area contributed by atoms with Gasteiger partial charge in [-0.3, -0.25) is 14.2 Å². The normalized spacial score (nSPS) is 10.7. The molecule has 0 bridgehead atoms. The van der Waals surface area contributed by atoms with Crippen molar-refractivity contribution in [3.05, 3.63) is 82.3 Å². The Bertz CT molecular complexity index is 1290. The standard InChI is InChI=1S/C25H25N5O3S2/c1-3-33-20-11-9-19(10-12-20)30-22(15-26-24(32)21-8-5-13-34-21)28-29-25(30)35-16-23(31)27-18-7-4-6-17(2)14-18/h4-14H,3,15-16H2,1-2H3,(H,26,32)(H,27,31). The van der Waals surface area contributed by atoms with Crippen molar-refractivity contribution in [2.45, 2.75) is 25.5 Å². The number of anilines is 1. The maximum atomic E-state index is 12.6. The van der Waals surface area contributed by atoms with Gasteiger partial charge >= 0.3 is 0 Å². The third kappa shape index (κ3) is 6.49. The number of nitrogens with one attached hydrogen (secondary N) is 2. The predicted molar refractivity (Wildman–Crippen MR) is 139 cm³/mol. The van der Waals surface area contributed by atoms with Crippen molar-refractivity contribution < 1.29 is 14.3 Å². The molecular weight excluding hydrogens is 482 g/mol. The lowest BCUT2D eigenvalue weighted by Gasteiger charge is -2.12. The van der Waals surface area contributed by atoms with Crippen LogP contribution in [0.4, 0.5) is 5.69 Å². The Balaban J connectivity index is 1.51. The van der Waals surface area contributed by atoms with Crippen LogP contribution in [-0.2, 0) is 11.3 Å². The van der Waals surface area contributed by atoms with Gasteiger partial charge in [0.2, 0.25) is 5.91 Å². The van der Waals surface area contributed by atoms with E-state index in [0.717, 1.165) is 22.7 Å². The van der Waals surface area contributed by atoms with Gasteiger partial charge in [-0.05, 0) is 67.3 Å². The van der Waals surface area contributed by atoms with Gasteiger partial charge in [0.25, 0.3) is 5.91 Å². The van der Waals surface area contributed by atoms with Gasteiger partial charge in [-0.15, -0.1) is 21.5 Å². The first kappa shape index (κ1) is 24.5. The van der Waals surface area contributed by atoms with Crippen LogP contribution in [0.25, 0.3) is 5.69 Å². The van der Waals surface area contributed by atoms with E-state index in [2.05, 4.69) is 20.8 Å². The number of thioether (sulfide) groups is 1. The number of carbonyl (C=O) groups excluding carboxylic acids is 2. The van der Waals surface area contributed by atoms with Gasteiger partial charge in [0, 0.05) is 11.4 Å². The molecule has 4 aromatic rings. The number of aryl methyl sites for hydroxylation is 1. The van der Waals surface area contributed by atoms with Gasteiger partial charge < -0.3 is 15.4 Å².